The van der Waals surface area contributed by atoms with Crippen molar-refractivity contribution in [2.24, 2.45) is 0 Å². The molecule has 1 saturated heterocycles. The summed E-state index contributed by atoms with van der Waals surface area (Å²) in [5.74, 6) is 1.53. The van der Waals surface area contributed by atoms with Gasteiger partial charge in [0.2, 0.25) is 11.7 Å². The van der Waals surface area contributed by atoms with E-state index >= 15 is 0 Å². The van der Waals surface area contributed by atoms with Crippen molar-refractivity contribution in [3.8, 4) is 17.1 Å². The van der Waals surface area contributed by atoms with Crippen LogP contribution in [-0.4, -0.2) is 34.6 Å². The molecule has 1 atom stereocenters. The second-order valence-corrected chi connectivity index (χ2v) is 7.03. The van der Waals surface area contributed by atoms with Gasteiger partial charge in [0, 0.05) is 12.1 Å². The predicted octanol–water partition coefficient (Wildman–Crippen LogP) is 4.42. The average molecular weight is 377 g/mol. The van der Waals surface area contributed by atoms with Gasteiger partial charge in [0.25, 0.3) is 5.91 Å². The number of methoxy groups -OCH3 is 1. The van der Waals surface area contributed by atoms with E-state index in [0.717, 1.165) is 24.8 Å². The zero-order valence-electron chi connectivity index (χ0n) is 16.1. The predicted molar refractivity (Wildman–Crippen MR) is 105 cm³/mol. The van der Waals surface area contributed by atoms with E-state index < -0.39 is 0 Å². The third-order valence-electron chi connectivity index (χ3n) is 5.14. The Hall–Kier alpha value is -3.15. The van der Waals surface area contributed by atoms with Crippen LogP contribution in [0.15, 0.2) is 53.1 Å². The first-order chi connectivity index (χ1) is 13.7. The standard InChI is InChI=1S/C22H23N3O3/c1-15-10-12-16(13-11-15)20-23-21(28-24-20)18-8-5-6-14-25(18)22(26)17-7-3-4-9-19(17)27-2/h3-4,7,9-13,18H,5-6,8,14H2,1-2H3. The van der Waals surface area contributed by atoms with E-state index in [1.54, 1.807) is 19.2 Å². The van der Waals surface area contributed by atoms with E-state index in [2.05, 4.69) is 10.1 Å². The first-order valence-electron chi connectivity index (χ1n) is 9.52. The third kappa shape index (κ3) is 3.50. The van der Waals surface area contributed by atoms with E-state index in [9.17, 15) is 4.79 Å². The quantitative estimate of drug-likeness (QED) is 0.673. The summed E-state index contributed by atoms with van der Waals surface area (Å²) in [5.41, 5.74) is 2.63. The van der Waals surface area contributed by atoms with Gasteiger partial charge >= 0.3 is 0 Å². The number of nitrogens with zero attached hydrogens (tertiary/aromatic N) is 3. The second kappa shape index (κ2) is 7.84. The van der Waals surface area contributed by atoms with E-state index in [1.165, 1.54) is 5.56 Å². The average Bonchev–Trinajstić information content (AvgIpc) is 3.24. The van der Waals surface area contributed by atoms with Crippen molar-refractivity contribution in [1.82, 2.24) is 15.0 Å². The summed E-state index contributed by atoms with van der Waals surface area (Å²) in [4.78, 5) is 19.7. The van der Waals surface area contributed by atoms with Crippen LogP contribution in [0, 0.1) is 6.92 Å². The van der Waals surface area contributed by atoms with Crippen LogP contribution >= 0.6 is 0 Å². The summed E-state index contributed by atoms with van der Waals surface area (Å²) in [6, 6.07) is 15.1. The molecule has 2 aromatic carbocycles. The Morgan fingerprint density at radius 2 is 1.93 bits per heavy atom. The fraction of sp³-hybridized carbons (Fsp3) is 0.318. The number of hydrogen-bond donors (Lipinski definition) is 0. The summed E-state index contributed by atoms with van der Waals surface area (Å²) in [7, 11) is 1.58. The molecule has 6 nitrogen and oxygen atoms in total. The van der Waals surface area contributed by atoms with Gasteiger partial charge in [-0.2, -0.15) is 4.98 Å². The van der Waals surface area contributed by atoms with Crippen LogP contribution in [0.1, 0.15) is 47.1 Å². The molecule has 4 rings (SSSR count). The number of likely N-dealkylation sites (tertiary alicyclic amines) is 1. The number of carbonyl (C=O) groups is 1. The molecule has 1 aromatic heterocycles. The molecular formula is C22H23N3O3. The lowest BCUT2D eigenvalue weighted by Crippen LogP contribution is -2.38. The zero-order chi connectivity index (χ0) is 19.5. The Morgan fingerprint density at radius 1 is 1.14 bits per heavy atom. The van der Waals surface area contributed by atoms with E-state index in [4.69, 9.17) is 9.26 Å². The van der Waals surface area contributed by atoms with E-state index in [-0.39, 0.29) is 11.9 Å². The maximum atomic E-state index is 13.2. The first kappa shape index (κ1) is 18.2. The van der Waals surface area contributed by atoms with Gasteiger partial charge in [-0.05, 0) is 38.3 Å². The van der Waals surface area contributed by atoms with Gasteiger partial charge in [0.15, 0.2) is 0 Å². The van der Waals surface area contributed by atoms with Gasteiger partial charge in [0.05, 0.1) is 12.7 Å². The summed E-state index contributed by atoms with van der Waals surface area (Å²) in [6.45, 7) is 2.69. The number of rotatable bonds is 4. The Balaban J connectivity index is 1.62. The number of benzene rings is 2. The molecule has 0 spiro atoms. The molecule has 0 radical (unpaired) electrons. The fourth-order valence-electron chi connectivity index (χ4n) is 3.60. The van der Waals surface area contributed by atoms with Crippen molar-refractivity contribution >= 4 is 5.91 Å². The summed E-state index contributed by atoms with van der Waals surface area (Å²) < 4.78 is 10.9. The van der Waals surface area contributed by atoms with Gasteiger partial charge in [-0.1, -0.05) is 47.1 Å². The second-order valence-electron chi connectivity index (χ2n) is 7.03. The van der Waals surface area contributed by atoms with Crippen LogP contribution in [0.3, 0.4) is 0 Å². The van der Waals surface area contributed by atoms with Crippen LogP contribution in [0.4, 0.5) is 0 Å². The Morgan fingerprint density at radius 3 is 2.71 bits per heavy atom. The van der Waals surface area contributed by atoms with Crippen LogP contribution in [0.5, 0.6) is 5.75 Å². The number of aromatic nitrogens is 2. The van der Waals surface area contributed by atoms with Crippen molar-refractivity contribution < 1.29 is 14.1 Å². The molecule has 0 aliphatic carbocycles. The largest absolute Gasteiger partial charge is 0.496 e. The third-order valence-corrected chi connectivity index (χ3v) is 5.14. The molecule has 1 aliphatic heterocycles. The number of ether oxygens (including phenoxy) is 1. The lowest BCUT2D eigenvalue weighted by atomic mass is 10.0. The van der Waals surface area contributed by atoms with Gasteiger partial charge in [-0.15, -0.1) is 0 Å². The van der Waals surface area contributed by atoms with Gasteiger partial charge in [-0.3, -0.25) is 4.79 Å². The summed E-state index contributed by atoms with van der Waals surface area (Å²) in [6.07, 6.45) is 2.77. The van der Waals surface area contributed by atoms with Crippen LogP contribution < -0.4 is 4.74 Å². The number of carbonyl (C=O) groups excluding carboxylic acids is 1. The minimum absolute atomic E-state index is 0.0720. The van der Waals surface area contributed by atoms with Crippen molar-refractivity contribution in [2.45, 2.75) is 32.2 Å². The number of hydrogen-bond acceptors (Lipinski definition) is 5. The Kier molecular flexibility index (Phi) is 5.10. The number of amides is 1. The number of piperidine rings is 1. The molecule has 1 aliphatic rings. The molecule has 0 N–H and O–H groups in total. The highest BCUT2D eigenvalue weighted by Gasteiger charge is 2.33. The Bertz CT molecular complexity index is 965. The molecule has 3 aromatic rings. The Labute approximate surface area is 164 Å². The minimum atomic E-state index is -0.224. The highest BCUT2D eigenvalue weighted by atomic mass is 16.5. The number of para-hydroxylation sites is 1. The summed E-state index contributed by atoms with van der Waals surface area (Å²) >= 11 is 0. The lowest BCUT2D eigenvalue weighted by Gasteiger charge is -2.33. The molecule has 1 unspecified atom stereocenters. The molecule has 1 amide bonds. The van der Waals surface area contributed by atoms with Crippen LogP contribution in [0.2, 0.25) is 0 Å². The maximum Gasteiger partial charge on any atom is 0.258 e. The topological polar surface area (TPSA) is 68.5 Å². The minimum Gasteiger partial charge on any atom is -0.496 e. The SMILES string of the molecule is COc1ccccc1C(=O)N1CCCCC1c1nc(-c2ccc(C)cc2)no1. The highest BCUT2D eigenvalue weighted by Crippen LogP contribution is 2.33. The molecule has 1 fully saturated rings. The van der Waals surface area contributed by atoms with Crippen LogP contribution in [-0.2, 0) is 0 Å². The van der Waals surface area contributed by atoms with Crippen molar-refractivity contribution in [3.63, 3.8) is 0 Å². The maximum absolute atomic E-state index is 13.2. The zero-order valence-corrected chi connectivity index (χ0v) is 16.1. The summed E-state index contributed by atoms with van der Waals surface area (Å²) in [5, 5.41) is 4.14. The van der Waals surface area contributed by atoms with Gasteiger partial charge in [0.1, 0.15) is 11.8 Å². The van der Waals surface area contributed by atoms with Gasteiger partial charge in [-0.25, -0.2) is 0 Å². The molecule has 0 bridgehead atoms. The molecule has 2 heterocycles. The van der Waals surface area contributed by atoms with Crippen LogP contribution in [0.25, 0.3) is 11.4 Å². The molecule has 28 heavy (non-hydrogen) atoms. The van der Waals surface area contributed by atoms with E-state index in [1.807, 2.05) is 48.2 Å². The molecular weight excluding hydrogens is 354 g/mol. The van der Waals surface area contributed by atoms with Crippen molar-refractivity contribution in [2.75, 3.05) is 13.7 Å². The molecule has 144 valence electrons. The fourth-order valence-corrected chi connectivity index (χ4v) is 3.60. The molecule has 0 saturated carbocycles. The number of aryl methyl sites for hydroxylation is 1. The lowest BCUT2D eigenvalue weighted by molar-refractivity contribution is 0.0558. The highest BCUT2D eigenvalue weighted by molar-refractivity contribution is 5.97. The normalized spacial score (nSPS) is 16.8. The molecule has 6 heteroatoms. The van der Waals surface area contributed by atoms with Crippen molar-refractivity contribution in [3.05, 3.63) is 65.5 Å². The van der Waals surface area contributed by atoms with Gasteiger partial charge < -0.3 is 14.2 Å². The monoisotopic (exact) mass is 377 g/mol. The van der Waals surface area contributed by atoms with E-state index in [0.29, 0.717) is 29.6 Å². The first-order valence-corrected chi connectivity index (χ1v) is 9.52. The van der Waals surface area contributed by atoms with Crippen molar-refractivity contribution in [1.29, 1.82) is 0 Å². The smallest absolute Gasteiger partial charge is 0.258 e.